The van der Waals surface area contributed by atoms with Crippen LogP contribution < -0.4 is 5.32 Å². The summed E-state index contributed by atoms with van der Waals surface area (Å²) < 4.78 is 0. The molecule has 1 rings (SSSR count). The molecule has 1 aromatic carbocycles. The Hall–Kier alpha value is -0.870. The van der Waals surface area contributed by atoms with Crippen LogP contribution in [0.5, 0.6) is 0 Å². The molecule has 0 aromatic heterocycles. The number of aliphatic hydroxyl groups excluding tert-OH is 1. The third kappa shape index (κ3) is 3.94. The molecular formula is C12H16BrNO2. The Balaban J connectivity index is 2.45. The van der Waals surface area contributed by atoms with Crippen LogP contribution in [0.4, 0.5) is 0 Å². The number of amides is 1. The third-order valence-electron chi connectivity index (χ3n) is 2.32. The van der Waals surface area contributed by atoms with Gasteiger partial charge in [0.05, 0.1) is 11.4 Å². The zero-order valence-corrected chi connectivity index (χ0v) is 10.8. The zero-order chi connectivity index (χ0) is 12.0. The molecule has 0 aliphatic carbocycles. The van der Waals surface area contributed by atoms with Crippen molar-refractivity contribution in [3.8, 4) is 0 Å². The van der Waals surface area contributed by atoms with E-state index in [-0.39, 0.29) is 17.3 Å². The maximum Gasteiger partial charge on any atom is 0.234 e. The highest BCUT2D eigenvalue weighted by molar-refractivity contribution is 9.10. The second-order valence-electron chi connectivity index (χ2n) is 3.57. The van der Waals surface area contributed by atoms with Gasteiger partial charge in [0.15, 0.2) is 0 Å². The number of aliphatic hydroxyl groups is 1. The summed E-state index contributed by atoms with van der Waals surface area (Å²) >= 11 is 3.29. The highest BCUT2D eigenvalue weighted by Crippen LogP contribution is 2.06. The first-order valence-electron chi connectivity index (χ1n) is 5.27. The molecule has 0 saturated heterocycles. The summed E-state index contributed by atoms with van der Waals surface area (Å²) in [6, 6.07) is 7.52. The van der Waals surface area contributed by atoms with Crippen LogP contribution in [0.3, 0.4) is 0 Å². The lowest BCUT2D eigenvalue weighted by molar-refractivity contribution is -0.120. The summed E-state index contributed by atoms with van der Waals surface area (Å²) in [4.78, 5) is 11.4. The van der Waals surface area contributed by atoms with Crippen molar-refractivity contribution in [3.05, 3.63) is 35.4 Å². The SMILES string of the molecule is CCC(Br)C(=O)NCc1ccc(CO)cc1. The smallest absolute Gasteiger partial charge is 0.234 e. The number of carbonyl (C=O) groups is 1. The van der Waals surface area contributed by atoms with Gasteiger partial charge in [-0.15, -0.1) is 0 Å². The fraction of sp³-hybridized carbons (Fsp3) is 0.417. The second-order valence-corrected chi connectivity index (χ2v) is 4.67. The average molecular weight is 286 g/mol. The van der Waals surface area contributed by atoms with Crippen molar-refractivity contribution in [1.29, 1.82) is 0 Å². The Kier molecular flexibility index (Phi) is 5.49. The average Bonchev–Trinajstić information content (AvgIpc) is 2.35. The summed E-state index contributed by atoms with van der Waals surface area (Å²) in [7, 11) is 0. The number of halogens is 1. The monoisotopic (exact) mass is 285 g/mol. The van der Waals surface area contributed by atoms with Gasteiger partial charge in [0, 0.05) is 6.54 Å². The molecule has 16 heavy (non-hydrogen) atoms. The Morgan fingerprint density at radius 2 is 1.94 bits per heavy atom. The third-order valence-corrected chi connectivity index (χ3v) is 3.38. The van der Waals surface area contributed by atoms with Crippen LogP contribution in [0.25, 0.3) is 0 Å². The minimum atomic E-state index is -0.121. The van der Waals surface area contributed by atoms with E-state index in [9.17, 15) is 4.79 Å². The molecule has 0 fully saturated rings. The fourth-order valence-corrected chi connectivity index (χ4v) is 1.41. The van der Waals surface area contributed by atoms with Gasteiger partial charge in [0.25, 0.3) is 0 Å². The van der Waals surface area contributed by atoms with E-state index in [0.717, 1.165) is 17.5 Å². The topological polar surface area (TPSA) is 49.3 Å². The predicted molar refractivity (Wildman–Crippen MR) is 67.2 cm³/mol. The number of alkyl halides is 1. The van der Waals surface area contributed by atoms with Crippen molar-refractivity contribution >= 4 is 21.8 Å². The van der Waals surface area contributed by atoms with Crippen molar-refractivity contribution < 1.29 is 9.90 Å². The van der Waals surface area contributed by atoms with E-state index in [2.05, 4.69) is 21.2 Å². The van der Waals surface area contributed by atoms with Gasteiger partial charge in [0.1, 0.15) is 0 Å². The normalized spacial score (nSPS) is 12.2. The molecule has 4 heteroatoms. The number of carbonyl (C=O) groups excluding carboxylic acids is 1. The molecule has 0 radical (unpaired) electrons. The molecule has 0 saturated carbocycles. The van der Waals surface area contributed by atoms with Crippen molar-refractivity contribution in [2.75, 3.05) is 0 Å². The van der Waals surface area contributed by atoms with E-state index in [0.29, 0.717) is 6.54 Å². The number of hydrogen-bond acceptors (Lipinski definition) is 2. The Morgan fingerprint density at radius 1 is 1.38 bits per heavy atom. The van der Waals surface area contributed by atoms with E-state index in [1.807, 2.05) is 31.2 Å². The maximum atomic E-state index is 11.5. The lowest BCUT2D eigenvalue weighted by Gasteiger charge is -2.08. The number of rotatable bonds is 5. The van der Waals surface area contributed by atoms with Crippen molar-refractivity contribution in [1.82, 2.24) is 5.32 Å². The summed E-state index contributed by atoms with van der Waals surface area (Å²) in [6.45, 7) is 2.52. The first-order chi connectivity index (χ1) is 7.67. The quantitative estimate of drug-likeness (QED) is 0.813. The second kappa shape index (κ2) is 6.66. The Bertz CT molecular complexity index is 337. The highest BCUT2D eigenvalue weighted by Gasteiger charge is 2.10. The van der Waals surface area contributed by atoms with E-state index in [1.54, 1.807) is 0 Å². The van der Waals surface area contributed by atoms with E-state index in [1.165, 1.54) is 0 Å². The molecule has 0 bridgehead atoms. The zero-order valence-electron chi connectivity index (χ0n) is 9.24. The van der Waals surface area contributed by atoms with Crippen LogP contribution in [0.2, 0.25) is 0 Å². The predicted octanol–water partition coefficient (Wildman–Crippen LogP) is 1.97. The molecule has 1 amide bonds. The summed E-state index contributed by atoms with van der Waals surface area (Å²) in [5.74, 6) is 0.00809. The van der Waals surface area contributed by atoms with Crippen LogP contribution in [0.15, 0.2) is 24.3 Å². The van der Waals surface area contributed by atoms with Gasteiger partial charge in [0.2, 0.25) is 5.91 Å². The molecule has 0 aliphatic rings. The van der Waals surface area contributed by atoms with Crippen molar-refractivity contribution in [2.24, 2.45) is 0 Å². The number of nitrogens with one attached hydrogen (secondary N) is 1. The summed E-state index contributed by atoms with van der Waals surface area (Å²) in [5.41, 5.74) is 1.91. The van der Waals surface area contributed by atoms with Crippen LogP contribution in [-0.4, -0.2) is 15.8 Å². The van der Waals surface area contributed by atoms with E-state index >= 15 is 0 Å². The highest BCUT2D eigenvalue weighted by atomic mass is 79.9. The van der Waals surface area contributed by atoms with Gasteiger partial charge >= 0.3 is 0 Å². The summed E-state index contributed by atoms with van der Waals surface area (Å²) in [5, 5.41) is 11.7. The first kappa shape index (κ1) is 13.2. The minimum absolute atomic E-state index is 0.00809. The van der Waals surface area contributed by atoms with Crippen LogP contribution >= 0.6 is 15.9 Å². The van der Waals surface area contributed by atoms with E-state index < -0.39 is 0 Å². The molecule has 3 nitrogen and oxygen atoms in total. The number of hydrogen-bond donors (Lipinski definition) is 2. The summed E-state index contributed by atoms with van der Waals surface area (Å²) in [6.07, 6.45) is 0.773. The van der Waals surface area contributed by atoms with Gasteiger partial charge in [-0.05, 0) is 17.5 Å². The lowest BCUT2D eigenvalue weighted by Crippen LogP contribution is -2.30. The van der Waals surface area contributed by atoms with Gasteiger partial charge in [-0.2, -0.15) is 0 Å². The molecule has 0 spiro atoms. The van der Waals surface area contributed by atoms with E-state index in [4.69, 9.17) is 5.11 Å². The van der Waals surface area contributed by atoms with Gasteiger partial charge in [-0.25, -0.2) is 0 Å². The van der Waals surface area contributed by atoms with Crippen LogP contribution in [0, 0.1) is 0 Å². The van der Waals surface area contributed by atoms with Gasteiger partial charge < -0.3 is 10.4 Å². The Morgan fingerprint density at radius 3 is 2.44 bits per heavy atom. The maximum absolute atomic E-state index is 11.5. The minimum Gasteiger partial charge on any atom is -0.392 e. The molecule has 1 unspecified atom stereocenters. The largest absolute Gasteiger partial charge is 0.392 e. The molecule has 1 atom stereocenters. The first-order valence-corrected chi connectivity index (χ1v) is 6.19. The molecule has 2 N–H and O–H groups in total. The van der Waals surface area contributed by atoms with Gasteiger partial charge in [-0.1, -0.05) is 47.1 Å². The molecule has 1 aromatic rings. The fourth-order valence-electron chi connectivity index (χ4n) is 1.25. The standard InChI is InChI=1S/C12H16BrNO2/c1-2-11(13)12(16)14-7-9-3-5-10(8-15)6-4-9/h3-6,11,15H,2,7-8H2,1H3,(H,14,16). The molecule has 88 valence electrons. The Labute approximate surface area is 104 Å². The lowest BCUT2D eigenvalue weighted by atomic mass is 10.1. The molecule has 0 heterocycles. The molecular weight excluding hydrogens is 270 g/mol. The molecule has 0 aliphatic heterocycles. The van der Waals surface area contributed by atoms with Crippen LogP contribution in [0.1, 0.15) is 24.5 Å². The van der Waals surface area contributed by atoms with Crippen molar-refractivity contribution in [3.63, 3.8) is 0 Å². The van der Waals surface area contributed by atoms with Gasteiger partial charge in [-0.3, -0.25) is 4.79 Å². The van der Waals surface area contributed by atoms with Crippen molar-refractivity contribution in [2.45, 2.75) is 31.3 Å². The number of benzene rings is 1. The van der Waals surface area contributed by atoms with Crippen LogP contribution in [-0.2, 0) is 17.9 Å².